The van der Waals surface area contributed by atoms with Crippen molar-refractivity contribution >= 4 is 40.0 Å². The van der Waals surface area contributed by atoms with Crippen molar-refractivity contribution in [3.05, 3.63) is 47.5 Å². The number of imide groups is 1. The van der Waals surface area contributed by atoms with E-state index in [-0.39, 0.29) is 0 Å². The molecule has 7 nitrogen and oxygen atoms in total. The van der Waals surface area contributed by atoms with Crippen molar-refractivity contribution < 1.29 is 18.7 Å². The highest BCUT2D eigenvalue weighted by atomic mass is 32.2. The SMILES string of the molecule is COc1cc(-c2cncc3cc(/C=C4/SC(=O)NC4=O)oc23)ccn1. The number of methoxy groups -OCH3 is 1. The Labute approximate surface area is 146 Å². The van der Waals surface area contributed by atoms with Crippen LogP contribution in [0.15, 0.2) is 46.1 Å². The number of pyridine rings is 2. The van der Waals surface area contributed by atoms with Crippen molar-refractivity contribution in [1.82, 2.24) is 15.3 Å². The number of aromatic nitrogens is 2. The zero-order valence-corrected chi connectivity index (χ0v) is 13.8. The minimum atomic E-state index is -0.423. The van der Waals surface area contributed by atoms with Gasteiger partial charge in [0, 0.05) is 41.7 Å². The zero-order valence-electron chi connectivity index (χ0n) is 13.0. The van der Waals surface area contributed by atoms with Gasteiger partial charge in [-0.05, 0) is 29.5 Å². The molecule has 0 radical (unpaired) electrons. The lowest BCUT2D eigenvalue weighted by atomic mass is 10.1. The summed E-state index contributed by atoms with van der Waals surface area (Å²) in [7, 11) is 1.55. The molecule has 0 aliphatic carbocycles. The first-order valence-corrected chi connectivity index (χ1v) is 8.08. The number of nitrogens with one attached hydrogen (secondary N) is 1. The van der Waals surface area contributed by atoms with Gasteiger partial charge in [0.2, 0.25) is 5.88 Å². The van der Waals surface area contributed by atoms with Gasteiger partial charge in [0.05, 0.1) is 12.0 Å². The molecule has 124 valence electrons. The third-order valence-corrected chi connectivity index (χ3v) is 4.42. The van der Waals surface area contributed by atoms with Crippen LogP contribution in [0.3, 0.4) is 0 Å². The first-order valence-electron chi connectivity index (χ1n) is 7.27. The number of ether oxygens (including phenoxy) is 1. The molecular weight excluding hydrogens is 342 g/mol. The monoisotopic (exact) mass is 353 g/mol. The summed E-state index contributed by atoms with van der Waals surface area (Å²) in [5.41, 5.74) is 2.26. The average molecular weight is 353 g/mol. The normalized spacial score (nSPS) is 15.8. The lowest BCUT2D eigenvalue weighted by Crippen LogP contribution is -2.17. The van der Waals surface area contributed by atoms with Gasteiger partial charge in [0.25, 0.3) is 11.1 Å². The Morgan fingerprint density at radius 2 is 2.16 bits per heavy atom. The number of carbonyl (C=O) groups excluding carboxylic acids is 2. The molecule has 8 heteroatoms. The predicted octanol–water partition coefficient (Wildman–Crippen LogP) is 3.22. The van der Waals surface area contributed by atoms with Crippen LogP contribution in [0.1, 0.15) is 5.76 Å². The number of hydrogen-bond acceptors (Lipinski definition) is 7. The maximum atomic E-state index is 11.7. The van der Waals surface area contributed by atoms with Gasteiger partial charge in [-0.25, -0.2) is 4.98 Å². The molecule has 3 aromatic rings. The molecule has 2 amide bonds. The smallest absolute Gasteiger partial charge is 0.290 e. The fraction of sp³-hybridized carbons (Fsp3) is 0.0588. The molecule has 25 heavy (non-hydrogen) atoms. The van der Waals surface area contributed by atoms with Gasteiger partial charge in [0.1, 0.15) is 11.3 Å². The van der Waals surface area contributed by atoms with E-state index in [2.05, 4.69) is 15.3 Å². The number of amides is 2. The highest BCUT2D eigenvalue weighted by Gasteiger charge is 2.25. The van der Waals surface area contributed by atoms with E-state index < -0.39 is 11.1 Å². The molecule has 0 spiro atoms. The maximum Gasteiger partial charge on any atom is 0.290 e. The van der Waals surface area contributed by atoms with E-state index in [1.54, 1.807) is 43.9 Å². The van der Waals surface area contributed by atoms with Gasteiger partial charge in [-0.1, -0.05) is 0 Å². The molecule has 1 N–H and O–H groups in total. The Kier molecular flexibility index (Phi) is 3.73. The summed E-state index contributed by atoms with van der Waals surface area (Å²) >= 11 is 0.845. The van der Waals surface area contributed by atoms with Gasteiger partial charge in [-0.15, -0.1) is 0 Å². The molecule has 4 heterocycles. The maximum absolute atomic E-state index is 11.7. The molecule has 0 aromatic carbocycles. The van der Waals surface area contributed by atoms with Crippen molar-refractivity contribution in [2.45, 2.75) is 0 Å². The highest BCUT2D eigenvalue weighted by Crippen LogP contribution is 2.33. The Hall–Kier alpha value is -3.13. The number of thioether (sulfide) groups is 1. The molecule has 0 saturated carbocycles. The first-order chi connectivity index (χ1) is 12.1. The van der Waals surface area contributed by atoms with Crippen molar-refractivity contribution in [1.29, 1.82) is 0 Å². The van der Waals surface area contributed by atoms with E-state index in [1.807, 2.05) is 6.07 Å². The van der Waals surface area contributed by atoms with Crippen LogP contribution in [-0.4, -0.2) is 28.2 Å². The van der Waals surface area contributed by atoms with Crippen LogP contribution in [0, 0.1) is 0 Å². The van der Waals surface area contributed by atoms with Crippen LogP contribution in [0.2, 0.25) is 0 Å². The van der Waals surface area contributed by atoms with Crippen molar-refractivity contribution in [3.8, 4) is 17.0 Å². The quantitative estimate of drug-likeness (QED) is 0.722. The number of carbonyl (C=O) groups is 2. The highest BCUT2D eigenvalue weighted by molar-refractivity contribution is 8.18. The average Bonchev–Trinajstić information content (AvgIpc) is 3.17. The van der Waals surface area contributed by atoms with Crippen LogP contribution in [0.5, 0.6) is 5.88 Å². The summed E-state index contributed by atoms with van der Waals surface area (Å²) in [4.78, 5) is 31.5. The summed E-state index contributed by atoms with van der Waals surface area (Å²) in [6.07, 6.45) is 6.56. The minimum Gasteiger partial charge on any atom is -0.481 e. The fourth-order valence-corrected chi connectivity index (χ4v) is 3.16. The number of rotatable bonds is 3. The zero-order chi connectivity index (χ0) is 17.4. The van der Waals surface area contributed by atoms with Crippen LogP contribution in [0.25, 0.3) is 28.2 Å². The standard InChI is InChI=1S/C17H11N3O4S/c1-23-14-5-9(2-3-19-14)12-8-18-7-10-4-11(24-15(10)12)6-13-16(21)20-17(22)25-13/h2-8H,1H3,(H,20,21,22)/b13-6+. The molecule has 0 atom stereocenters. The van der Waals surface area contributed by atoms with Gasteiger partial charge < -0.3 is 9.15 Å². The number of fused-ring (bicyclic) bond motifs is 1. The molecule has 0 bridgehead atoms. The molecular formula is C17H11N3O4S. The Balaban J connectivity index is 1.80. The summed E-state index contributed by atoms with van der Waals surface area (Å²) in [6, 6.07) is 5.39. The lowest BCUT2D eigenvalue weighted by Gasteiger charge is -2.04. The molecule has 1 aliphatic rings. The second kappa shape index (κ2) is 6.06. The summed E-state index contributed by atoms with van der Waals surface area (Å²) in [6.45, 7) is 0. The molecule has 3 aromatic heterocycles. The summed E-state index contributed by atoms with van der Waals surface area (Å²) in [5.74, 6) is 0.534. The van der Waals surface area contributed by atoms with Crippen molar-refractivity contribution in [2.75, 3.05) is 7.11 Å². The lowest BCUT2D eigenvalue weighted by molar-refractivity contribution is -0.115. The number of nitrogens with zero attached hydrogens (tertiary/aromatic N) is 2. The van der Waals surface area contributed by atoms with Gasteiger partial charge in [-0.3, -0.25) is 19.9 Å². The summed E-state index contributed by atoms with van der Waals surface area (Å²) < 4.78 is 11.0. The Bertz CT molecular complexity index is 1040. The molecule has 1 saturated heterocycles. The largest absolute Gasteiger partial charge is 0.481 e. The third kappa shape index (κ3) is 2.87. The van der Waals surface area contributed by atoms with Crippen LogP contribution in [-0.2, 0) is 4.79 Å². The molecule has 1 fully saturated rings. The van der Waals surface area contributed by atoms with Crippen LogP contribution >= 0.6 is 11.8 Å². The van der Waals surface area contributed by atoms with Gasteiger partial charge in [-0.2, -0.15) is 0 Å². The number of furan rings is 1. The minimum absolute atomic E-state index is 0.296. The van der Waals surface area contributed by atoms with E-state index in [0.717, 1.165) is 28.3 Å². The fourth-order valence-electron chi connectivity index (χ4n) is 2.50. The van der Waals surface area contributed by atoms with Crippen molar-refractivity contribution in [3.63, 3.8) is 0 Å². The second-order valence-corrected chi connectivity index (χ2v) is 6.21. The van der Waals surface area contributed by atoms with E-state index >= 15 is 0 Å². The topological polar surface area (TPSA) is 94.3 Å². The molecule has 4 rings (SSSR count). The van der Waals surface area contributed by atoms with E-state index in [4.69, 9.17) is 9.15 Å². The van der Waals surface area contributed by atoms with E-state index in [0.29, 0.717) is 22.1 Å². The molecule has 0 unspecified atom stereocenters. The second-order valence-electron chi connectivity index (χ2n) is 5.19. The predicted molar refractivity (Wildman–Crippen MR) is 92.9 cm³/mol. The Morgan fingerprint density at radius 3 is 2.92 bits per heavy atom. The third-order valence-electron chi connectivity index (χ3n) is 3.61. The van der Waals surface area contributed by atoms with E-state index in [9.17, 15) is 9.59 Å². The van der Waals surface area contributed by atoms with Gasteiger partial charge in [0.15, 0.2) is 0 Å². The summed E-state index contributed by atoms with van der Waals surface area (Å²) in [5, 5.41) is 2.61. The van der Waals surface area contributed by atoms with Gasteiger partial charge >= 0.3 is 0 Å². The Morgan fingerprint density at radius 1 is 1.28 bits per heavy atom. The van der Waals surface area contributed by atoms with E-state index in [1.165, 1.54) is 0 Å². The number of hydrogen-bond donors (Lipinski definition) is 1. The first kappa shape index (κ1) is 15.4. The van der Waals surface area contributed by atoms with Crippen molar-refractivity contribution in [2.24, 2.45) is 0 Å². The van der Waals surface area contributed by atoms with Crippen LogP contribution in [0.4, 0.5) is 4.79 Å². The molecule has 1 aliphatic heterocycles. The van der Waals surface area contributed by atoms with Crippen LogP contribution < -0.4 is 10.1 Å².